The molecule has 3 rings (SSSR count). The maximum absolute atomic E-state index is 13.3. The van der Waals surface area contributed by atoms with Gasteiger partial charge in [0.25, 0.3) is 5.91 Å². The van der Waals surface area contributed by atoms with Gasteiger partial charge < -0.3 is 9.80 Å². The third-order valence-corrected chi connectivity index (χ3v) is 7.26. The molecule has 1 atom stereocenters. The van der Waals surface area contributed by atoms with Gasteiger partial charge in [0, 0.05) is 39.3 Å². The molecule has 0 saturated carbocycles. The summed E-state index contributed by atoms with van der Waals surface area (Å²) in [4.78, 5) is 17.2. The van der Waals surface area contributed by atoms with Gasteiger partial charge in [-0.25, -0.2) is 12.7 Å². The summed E-state index contributed by atoms with van der Waals surface area (Å²) in [5, 5.41) is 0.100. The predicted molar refractivity (Wildman–Crippen MR) is 110 cm³/mol. The number of hydrogen-bond acceptors (Lipinski definition) is 4. The van der Waals surface area contributed by atoms with Crippen molar-refractivity contribution in [2.75, 3.05) is 40.8 Å². The Labute approximate surface area is 171 Å². The SMILES string of the molecule is CN1CCN(C(=O)c2ccc(Cl)c(S(=O)(=O)N(C)C)c2)[C@H](c2ccccc2)C1. The van der Waals surface area contributed by atoms with Gasteiger partial charge in [0.2, 0.25) is 10.0 Å². The van der Waals surface area contributed by atoms with Crippen LogP contribution in [0.15, 0.2) is 53.4 Å². The summed E-state index contributed by atoms with van der Waals surface area (Å²) < 4.78 is 26.2. The number of benzene rings is 2. The van der Waals surface area contributed by atoms with Crippen LogP contribution in [0.1, 0.15) is 22.0 Å². The summed E-state index contributed by atoms with van der Waals surface area (Å²) in [6, 6.07) is 14.2. The third kappa shape index (κ3) is 4.07. The standard InChI is InChI=1S/C20H24ClN3O3S/c1-22(2)28(26,27)19-13-16(9-10-17(19)21)20(25)24-12-11-23(3)14-18(24)15-7-5-4-6-8-15/h4-10,13,18H,11-12,14H2,1-3H3/t18-/m0/s1. The Hall–Kier alpha value is -1.93. The van der Waals surface area contributed by atoms with Crippen LogP contribution in [0.2, 0.25) is 5.02 Å². The molecular weight excluding hydrogens is 398 g/mol. The second kappa shape index (κ2) is 8.21. The number of rotatable bonds is 4. The Morgan fingerprint density at radius 2 is 1.79 bits per heavy atom. The number of carbonyl (C=O) groups is 1. The van der Waals surface area contributed by atoms with Gasteiger partial charge in [0.15, 0.2) is 0 Å². The first kappa shape index (κ1) is 20.8. The maximum Gasteiger partial charge on any atom is 0.254 e. The minimum atomic E-state index is -3.75. The van der Waals surface area contributed by atoms with E-state index in [0.717, 1.165) is 16.4 Å². The number of nitrogens with zero attached hydrogens (tertiary/aromatic N) is 3. The Bertz CT molecular complexity index is 964. The highest BCUT2D eigenvalue weighted by Gasteiger charge is 2.32. The molecule has 0 spiro atoms. The molecule has 0 bridgehead atoms. The van der Waals surface area contributed by atoms with Gasteiger partial charge >= 0.3 is 0 Å². The van der Waals surface area contributed by atoms with Crippen molar-refractivity contribution in [2.45, 2.75) is 10.9 Å². The Morgan fingerprint density at radius 1 is 1.11 bits per heavy atom. The van der Waals surface area contributed by atoms with Gasteiger partial charge in [-0.1, -0.05) is 41.9 Å². The van der Waals surface area contributed by atoms with Gasteiger partial charge in [-0.3, -0.25) is 4.79 Å². The van der Waals surface area contributed by atoms with Gasteiger partial charge in [-0.2, -0.15) is 0 Å². The van der Waals surface area contributed by atoms with E-state index in [0.29, 0.717) is 18.7 Å². The van der Waals surface area contributed by atoms with Crippen molar-refractivity contribution < 1.29 is 13.2 Å². The number of carbonyl (C=O) groups excluding carboxylic acids is 1. The number of sulfonamides is 1. The van der Waals surface area contributed by atoms with E-state index < -0.39 is 10.0 Å². The van der Waals surface area contributed by atoms with Gasteiger partial charge in [0.05, 0.1) is 11.1 Å². The van der Waals surface area contributed by atoms with Crippen LogP contribution in [-0.2, 0) is 10.0 Å². The van der Waals surface area contributed by atoms with E-state index >= 15 is 0 Å². The molecular formula is C20H24ClN3O3S. The minimum Gasteiger partial charge on any atom is -0.329 e. The molecule has 2 aromatic rings. The molecule has 0 unspecified atom stereocenters. The first-order chi connectivity index (χ1) is 13.2. The summed E-state index contributed by atoms with van der Waals surface area (Å²) in [5.41, 5.74) is 1.37. The van der Waals surface area contributed by atoms with Gasteiger partial charge in [-0.05, 0) is 30.8 Å². The first-order valence-corrected chi connectivity index (χ1v) is 10.8. The Kier molecular flexibility index (Phi) is 6.09. The molecule has 0 aromatic heterocycles. The van der Waals surface area contributed by atoms with Crippen LogP contribution < -0.4 is 0 Å². The Morgan fingerprint density at radius 3 is 2.43 bits per heavy atom. The lowest BCUT2D eigenvalue weighted by atomic mass is 10.0. The zero-order valence-corrected chi connectivity index (χ0v) is 17.7. The number of hydrogen-bond donors (Lipinski definition) is 0. The summed E-state index contributed by atoms with van der Waals surface area (Å²) in [6.07, 6.45) is 0. The molecule has 0 aliphatic carbocycles. The molecule has 1 amide bonds. The summed E-state index contributed by atoms with van der Waals surface area (Å²) in [6.45, 7) is 2.03. The minimum absolute atomic E-state index is 0.0598. The highest BCUT2D eigenvalue weighted by Crippen LogP contribution is 2.29. The first-order valence-electron chi connectivity index (χ1n) is 8.98. The fraction of sp³-hybridized carbons (Fsp3) is 0.350. The van der Waals surface area contributed by atoms with Crippen LogP contribution in [0, 0.1) is 0 Å². The number of amides is 1. The van der Waals surface area contributed by atoms with E-state index in [1.165, 1.54) is 26.2 Å². The predicted octanol–water partition coefficient (Wildman–Crippen LogP) is 2.72. The van der Waals surface area contributed by atoms with E-state index in [-0.39, 0.29) is 21.9 Å². The maximum atomic E-state index is 13.3. The van der Waals surface area contributed by atoms with Crippen LogP contribution in [-0.4, -0.2) is 69.2 Å². The Balaban J connectivity index is 1.98. The molecule has 8 heteroatoms. The van der Waals surface area contributed by atoms with E-state index in [2.05, 4.69) is 4.90 Å². The number of likely N-dealkylation sites (N-methyl/N-ethyl adjacent to an activating group) is 1. The average Bonchev–Trinajstić information content (AvgIpc) is 2.68. The molecule has 28 heavy (non-hydrogen) atoms. The van der Waals surface area contributed by atoms with E-state index in [1.54, 1.807) is 6.07 Å². The normalized spacial score (nSPS) is 18.5. The van der Waals surface area contributed by atoms with Gasteiger partial charge in [-0.15, -0.1) is 0 Å². The zero-order chi connectivity index (χ0) is 20.5. The number of halogens is 1. The molecule has 2 aromatic carbocycles. The van der Waals surface area contributed by atoms with Crippen LogP contribution in [0.4, 0.5) is 0 Å². The fourth-order valence-corrected chi connectivity index (χ4v) is 4.71. The monoisotopic (exact) mass is 421 g/mol. The quantitative estimate of drug-likeness (QED) is 0.761. The molecule has 6 nitrogen and oxygen atoms in total. The van der Waals surface area contributed by atoms with E-state index in [1.807, 2.05) is 42.3 Å². The number of piperazine rings is 1. The van der Waals surface area contributed by atoms with Crippen molar-refractivity contribution in [3.05, 3.63) is 64.7 Å². The van der Waals surface area contributed by atoms with Crippen LogP contribution in [0.3, 0.4) is 0 Å². The molecule has 1 heterocycles. The second-order valence-electron chi connectivity index (χ2n) is 7.12. The van der Waals surface area contributed by atoms with Crippen LogP contribution in [0.5, 0.6) is 0 Å². The molecule has 0 radical (unpaired) electrons. The third-order valence-electron chi connectivity index (χ3n) is 4.97. The van der Waals surface area contributed by atoms with Crippen molar-refractivity contribution in [1.82, 2.24) is 14.1 Å². The van der Waals surface area contributed by atoms with Crippen molar-refractivity contribution in [2.24, 2.45) is 0 Å². The highest BCUT2D eigenvalue weighted by atomic mass is 35.5. The molecule has 1 aliphatic heterocycles. The lowest BCUT2D eigenvalue weighted by molar-refractivity contribution is 0.0498. The van der Waals surface area contributed by atoms with Crippen molar-refractivity contribution in [3.63, 3.8) is 0 Å². The smallest absolute Gasteiger partial charge is 0.254 e. The molecule has 1 saturated heterocycles. The molecule has 1 aliphatic rings. The molecule has 0 N–H and O–H groups in total. The lowest BCUT2D eigenvalue weighted by Gasteiger charge is -2.40. The van der Waals surface area contributed by atoms with E-state index in [4.69, 9.17) is 11.6 Å². The molecule has 150 valence electrons. The van der Waals surface area contributed by atoms with Crippen molar-refractivity contribution in [3.8, 4) is 0 Å². The molecule has 1 fully saturated rings. The topological polar surface area (TPSA) is 60.9 Å². The lowest BCUT2D eigenvalue weighted by Crippen LogP contribution is -2.49. The zero-order valence-electron chi connectivity index (χ0n) is 16.2. The summed E-state index contributed by atoms with van der Waals surface area (Å²) in [5.74, 6) is -0.200. The van der Waals surface area contributed by atoms with Crippen molar-refractivity contribution >= 4 is 27.5 Å². The largest absolute Gasteiger partial charge is 0.329 e. The van der Waals surface area contributed by atoms with Gasteiger partial charge in [0.1, 0.15) is 4.90 Å². The fourth-order valence-electron chi connectivity index (χ4n) is 3.32. The second-order valence-corrected chi connectivity index (χ2v) is 9.65. The van der Waals surface area contributed by atoms with Crippen molar-refractivity contribution in [1.29, 1.82) is 0 Å². The summed E-state index contributed by atoms with van der Waals surface area (Å²) in [7, 11) is 1.16. The highest BCUT2D eigenvalue weighted by molar-refractivity contribution is 7.89. The van der Waals surface area contributed by atoms with Crippen LogP contribution >= 0.6 is 11.6 Å². The van der Waals surface area contributed by atoms with Crippen LogP contribution in [0.25, 0.3) is 0 Å². The summed E-state index contributed by atoms with van der Waals surface area (Å²) >= 11 is 6.12. The van der Waals surface area contributed by atoms with E-state index in [9.17, 15) is 13.2 Å². The average molecular weight is 422 g/mol.